The summed E-state index contributed by atoms with van der Waals surface area (Å²) in [4.78, 5) is 17.0. The first-order chi connectivity index (χ1) is 12.2. The molecule has 1 heterocycles. The maximum atomic E-state index is 12.4. The molecule has 2 aromatic carbocycles. The first-order valence-corrected chi connectivity index (χ1v) is 10.7. The zero-order valence-electron chi connectivity index (χ0n) is 14.6. The van der Waals surface area contributed by atoms with E-state index in [1.165, 1.54) is 23.5 Å². The van der Waals surface area contributed by atoms with Crippen LogP contribution in [0.5, 0.6) is 0 Å². The van der Waals surface area contributed by atoms with Gasteiger partial charge in [-0.2, -0.15) is 0 Å². The van der Waals surface area contributed by atoms with Gasteiger partial charge in [0, 0.05) is 22.8 Å². The predicted octanol–water partition coefficient (Wildman–Crippen LogP) is 4.08. The van der Waals surface area contributed by atoms with Gasteiger partial charge in [-0.05, 0) is 43.7 Å². The van der Waals surface area contributed by atoms with Crippen LogP contribution in [-0.2, 0) is 9.84 Å². The van der Waals surface area contributed by atoms with Crippen molar-refractivity contribution in [2.24, 2.45) is 0 Å². The van der Waals surface area contributed by atoms with Crippen LogP contribution < -0.4 is 5.32 Å². The van der Waals surface area contributed by atoms with Gasteiger partial charge in [0.25, 0.3) is 5.91 Å². The standard InChI is InChI=1S/C19H18N2O3S2/c1-12-7-8-13(2)16(9-12)17-11-25-19(20-17)21-18(22)14-5-4-6-15(10-14)26(3,23)24/h4-11H,1-3H3,(H,20,21,22). The van der Waals surface area contributed by atoms with Crippen molar-refractivity contribution in [3.05, 3.63) is 64.5 Å². The van der Waals surface area contributed by atoms with E-state index in [1.807, 2.05) is 31.4 Å². The number of hydrogen-bond donors (Lipinski definition) is 1. The average molecular weight is 386 g/mol. The Hall–Kier alpha value is -2.51. The molecule has 0 saturated heterocycles. The van der Waals surface area contributed by atoms with Crippen molar-refractivity contribution in [1.82, 2.24) is 4.98 Å². The monoisotopic (exact) mass is 386 g/mol. The summed E-state index contributed by atoms with van der Waals surface area (Å²) in [6.07, 6.45) is 1.11. The molecule has 1 aromatic heterocycles. The van der Waals surface area contributed by atoms with Crippen molar-refractivity contribution in [2.45, 2.75) is 18.7 Å². The van der Waals surface area contributed by atoms with Gasteiger partial charge in [-0.25, -0.2) is 13.4 Å². The smallest absolute Gasteiger partial charge is 0.257 e. The molecule has 0 spiro atoms. The first kappa shape index (κ1) is 18.3. The summed E-state index contributed by atoms with van der Waals surface area (Å²) in [7, 11) is -3.37. The molecule has 0 saturated carbocycles. The molecule has 0 fully saturated rings. The Kier molecular flexibility index (Phi) is 4.93. The number of aryl methyl sites for hydroxylation is 2. The van der Waals surface area contributed by atoms with Crippen LogP contribution in [0.15, 0.2) is 52.7 Å². The molecule has 134 valence electrons. The fraction of sp³-hybridized carbons (Fsp3) is 0.158. The van der Waals surface area contributed by atoms with E-state index in [2.05, 4.69) is 16.4 Å². The summed E-state index contributed by atoms with van der Waals surface area (Å²) in [5.74, 6) is -0.391. The SMILES string of the molecule is Cc1ccc(C)c(-c2csc(NC(=O)c3cccc(S(C)(=O)=O)c3)n2)c1. The number of carbonyl (C=O) groups is 1. The number of amides is 1. The van der Waals surface area contributed by atoms with Gasteiger partial charge in [-0.1, -0.05) is 23.8 Å². The third-order valence-electron chi connectivity index (χ3n) is 3.92. The minimum Gasteiger partial charge on any atom is -0.298 e. The van der Waals surface area contributed by atoms with Gasteiger partial charge < -0.3 is 0 Å². The quantitative estimate of drug-likeness (QED) is 0.733. The molecule has 26 heavy (non-hydrogen) atoms. The molecule has 0 atom stereocenters. The van der Waals surface area contributed by atoms with Crippen molar-refractivity contribution in [1.29, 1.82) is 0 Å². The van der Waals surface area contributed by atoms with Crippen LogP contribution in [-0.4, -0.2) is 25.6 Å². The van der Waals surface area contributed by atoms with Gasteiger partial charge in [-0.3, -0.25) is 10.1 Å². The summed E-state index contributed by atoms with van der Waals surface area (Å²) < 4.78 is 23.3. The molecule has 0 radical (unpaired) electrons. The molecule has 3 aromatic rings. The molecule has 5 nitrogen and oxygen atoms in total. The highest BCUT2D eigenvalue weighted by molar-refractivity contribution is 7.90. The van der Waals surface area contributed by atoms with Crippen LogP contribution in [0.2, 0.25) is 0 Å². The number of hydrogen-bond acceptors (Lipinski definition) is 5. The fourth-order valence-electron chi connectivity index (χ4n) is 2.50. The summed E-state index contributed by atoms with van der Waals surface area (Å²) in [5.41, 5.74) is 4.36. The summed E-state index contributed by atoms with van der Waals surface area (Å²) in [6, 6.07) is 12.1. The topological polar surface area (TPSA) is 76.1 Å². The second kappa shape index (κ2) is 7.01. The van der Waals surface area contributed by atoms with Crippen LogP contribution in [0.4, 0.5) is 5.13 Å². The van der Waals surface area contributed by atoms with Gasteiger partial charge >= 0.3 is 0 Å². The van der Waals surface area contributed by atoms with Gasteiger partial charge in [0.2, 0.25) is 0 Å². The van der Waals surface area contributed by atoms with Crippen LogP contribution in [0.25, 0.3) is 11.3 Å². The van der Waals surface area contributed by atoms with E-state index in [0.717, 1.165) is 28.6 Å². The van der Waals surface area contributed by atoms with Gasteiger partial charge in [0.15, 0.2) is 15.0 Å². The Labute approximate surface area is 156 Å². The normalized spacial score (nSPS) is 11.3. The molecule has 1 N–H and O–H groups in total. The fourth-order valence-corrected chi connectivity index (χ4v) is 3.88. The van der Waals surface area contributed by atoms with Crippen LogP contribution in [0.1, 0.15) is 21.5 Å². The predicted molar refractivity (Wildman–Crippen MR) is 105 cm³/mol. The number of thiazole rings is 1. The molecule has 3 rings (SSSR count). The maximum absolute atomic E-state index is 12.4. The first-order valence-electron chi connectivity index (χ1n) is 7.88. The van der Waals surface area contributed by atoms with Crippen molar-refractivity contribution < 1.29 is 13.2 Å². The Balaban J connectivity index is 1.83. The highest BCUT2D eigenvalue weighted by atomic mass is 32.2. The van der Waals surface area contributed by atoms with E-state index in [4.69, 9.17) is 0 Å². The lowest BCUT2D eigenvalue weighted by Crippen LogP contribution is -2.12. The van der Waals surface area contributed by atoms with Crippen molar-refractivity contribution in [3.63, 3.8) is 0 Å². The van der Waals surface area contributed by atoms with Crippen molar-refractivity contribution in [3.8, 4) is 11.3 Å². The van der Waals surface area contributed by atoms with E-state index in [9.17, 15) is 13.2 Å². The zero-order chi connectivity index (χ0) is 18.9. The molecule has 1 amide bonds. The van der Waals surface area contributed by atoms with E-state index < -0.39 is 15.7 Å². The summed E-state index contributed by atoms with van der Waals surface area (Å²) in [5, 5.41) is 5.10. The molecule has 0 unspecified atom stereocenters. The van der Waals surface area contributed by atoms with E-state index in [1.54, 1.807) is 12.1 Å². The number of nitrogens with zero attached hydrogens (tertiary/aromatic N) is 1. The van der Waals surface area contributed by atoms with Crippen LogP contribution >= 0.6 is 11.3 Å². The second-order valence-corrected chi connectivity index (χ2v) is 8.98. The summed E-state index contributed by atoms with van der Waals surface area (Å²) >= 11 is 1.33. The lowest BCUT2D eigenvalue weighted by atomic mass is 10.0. The Morgan fingerprint density at radius 1 is 1.12 bits per heavy atom. The molecule has 0 bridgehead atoms. The lowest BCUT2D eigenvalue weighted by molar-refractivity contribution is 0.102. The van der Waals surface area contributed by atoms with E-state index in [0.29, 0.717) is 5.13 Å². The van der Waals surface area contributed by atoms with Crippen molar-refractivity contribution >= 4 is 32.2 Å². The Morgan fingerprint density at radius 3 is 2.62 bits per heavy atom. The number of sulfone groups is 1. The number of benzene rings is 2. The number of rotatable bonds is 4. The van der Waals surface area contributed by atoms with Gasteiger partial charge in [-0.15, -0.1) is 11.3 Å². The van der Waals surface area contributed by atoms with Crippen LogP contribution in [0.3, 0.4) is 0 Å². The van der Waals surface area contributed by atoms with E-state index in [-0.39, 0.29) is 10.5 Å². The molecular formula is C19H18N2O3S2. The lowest BCUT2D eigenvalue weighted by Gasteiger charge is -2.05. The third kappa shape index (κ3) is 4.00. The Bertz CT molecular complexity index is 1090. The average Bonchev–Trinajstić information content (AvgIpc) is 3.04. The maximum Gasteiger partial charge on any atom is 0.257 e. The van der Waals surface area contributed by atoms with Gasteiger partial charge in [0.1, 0.15) is 0 Å². The molecule has 0 aliphatic heterocycles. The minimum atomic E-state index is -3.37. The zero-order valence-corrected chi connectivity index (χ0v) is 16.2. The highest BCUT2D eigenvalue weighted by Crippen LogP contribution is 2.28. The van der Waals surface area contributed by atoms with Crippen molar-refractivity contribution in [2.75, 3.05) is 11.6 Å². The number of nitrogens with one attached hydrogen (secondary N) is 1. The minimum absolute atomic E-state index is 0.111. The molecule has 7 heteroatoms. The van der Waals surface area contributed by atoms with Crippen LogP contribution in [0, 0.1) is 13.8 Å². The number of aromatic nitrogens is 1. The number of carbonyl (C=O) groups excluding carboxylic acids is 1. The second-order valence-electron chi connectivity index (χ2n) is 6.11. The highest BCUT2D eigenvalue weighted by Gasteiger charge is 2.14. The molecule has 0 aliphatic carbocycles. The summed E-state index contributed by atoms with van der Waals surface area (Å²) in [6.45, 7) is 4.04. The molecule has 0 aliphatic rings. The largest absolute Gasteiger partial charge is 0.298 e. The number of anilines is 1. The van der Waals surface area contributed by atoms with E-state index >= 15 is 0 Å². The Morgan fingerprint density at radius 2 is 1.88 bits per heavy atom. The van der Waals surface area contributed by atoms with Gasteiger partial charge in [0.05, 0.1) is 10.6 Å². The molecular weight excluding hydrogens is 368 g/mol. The third-order valence-corrected chi connectivity index (χ3v) is 5.79.